The molecule has 0 radical (unpaired) electrons. The zero-order valence-corrected chi connectivity index (χ0v) is 13.9. The number of benzene rings is 2. The largest absolute Gasteiger partial charge is 0.377 e. The van der Waals surface area contributed by atoms with Crippen LogP contribution in [0.4, 0.5) is 0 Å². The molecule has 1 heterocycles. The number of aromatic nitrogens is 1. The number of fused-ring (bicyclic) bond motifs is 1. The molecular weight excluding hydrogens is 300 g/mol. The van der Waals surface area contributed by atoms with Gasteiger partial charge in [0.2, 0.25) is 0 Å². The lowest BCUT2D eigenvalue weighted by Crippen LogP contribution is -2.25. The van der Waals surface area contributed by atoms with Crippen LogP contribution in [0.1, 0.15) is 22.3 Å². The molecule has 0 bridgehead atoms. The van der Waals surface area contributed by atoms with E-state index in [0.29, 0.717) is 19.8 Å². The van der Waals surface area contributed by atoms with Gasteiger partial charge in [0.1, 0.15) is 0 Å². The second-order valence-electron chi connectivity index (χ2n) is 5.82. The topological polar surface area (TPSA) is 43.3 Å². The van der Waals surface area contributed by atoms with E-state index >= 15 is 0 Å². The average molecular weight is 322 g/mol. The van der Waals surface area contributed by atoms with E-state index in [0.717, 1.165) is 28.5 Å². The molecular formula is C20H22N2O2. The van der Waals surface area contributed by atoms with Crippen LogP contribution in [0, 0.1) is 0 Å². The van der Waals surface area contributed by atoms with E-state index in [9.17, 15) is 4.79 Å². The van der Waals surface area contributed by atoms with Crippen LogP contribution in [0.25, 0.3) is 10.9 Å². The Hall–Kier alpha value is -2.59. The number of carbonyl (C=O) groups excluding carboxylic acids is 1. The number of carbonyl (C=O) groups is 1. The van der Waals surface area contributed by atoms with Crippen molar-refractivity contribution in [1.82, 2.24) is 9.88 Å². The van der Waals surface area contributed by atoms with E-state index < -0.39 is 0 Å². The Morgan fingerprint density at radius 2 is 1.83 bits per heavy atom. The maximum absolute atomic E-state index is 12.4. The van der Waals surface area contributed by atoms with Crippen molar-refractivity contribution in [1.29, 1.82) is 0 Å². The van der Waals surface area contributed by atoms with Crippen molar-refractivity contribution in [2.24, 2.45) is 7.05 Å². The van der Waals surface area contributed by atoms with Gasteiger partial charge in [-0.15, -0.1) is 0 Å². The smallest absolute Gasteiger partial charge is 0.253 e. The van der Waals surface area contributed by atoms with E-state index in [2.05, 4.69) is 5.32 Å². The second-order valence-corrected chi connectivity index (χ2v) is 5.82. The molecule has 0 spiro atoms. The Morgan fingerprint density at radius 1 is 1.08 bits per heavy atom. The van der Waals surface area contributed by atoms with Gasteiger partial charge >= 0.3 is 0 Å². The van der Waals surface area contributed by atoms with Gasteiger partial charge in [-0.1, -0.05) is 48.5 Å². The normalized spacial score (nSPS) is 10.9. The Balaban J connectivity index is 1.44. The zero-order chi connectivity index (χ0) is 16.8. The number of hydrogen-bond acceptors (Lipinski definition) is 2. The van der Waals surface area contributed by atoms with Gasteiger partial charge in [0.05, 0.1) is 12.2 Å². The molecule has 3 aromatic rings. The van der Waals surface area contributed by atoms with Crippen molar-refractivity contribution < 1.29 is 9.53 Å². The van der Waals surface area contributed by atoms with Gasteiger partial charge in [-0.3, -0.25) is 4.79 Å². The van der Waals surface area contributed by atoms with Crippen molar-refractivity contribution in [3.8, 4) is 0 Å². The molecule has 1 amide bonds. The standard InChI is InChI=1S/C20H22N2O2/c1-22-14-18(17-10-5-6-11-19(17)22)20(23)21-12-7-13-24-15-16-8-3-2-4-9-16/h2-6,8-11,14H,7,12-13,15H2,1H3,(H,21,23). The van der Waals surface area contributed by atoms with Crippen LogP contribution in [0.15, 0.2) is 60.8 Å². The molecule has 124 valence electrons. The van der Waals surface area contributed by atoms with Gasteiger partial charge in [-0.25, -0.2) is 0 Å². The lowest BCUT2D eigenvalue weighted by molar-refractivity contribution is 0.0936. The summed E-state index contributed by atoms with van der Waals surface area (Å²) in [5.74, 6) is -0.0325. The van der Waals surface area contributed by atoms with E-state index in [1.54, 1.807) is 0 Å². The summed E-state index contributed by atoms with van der Waals surface area (Å²) in [6.07, 6.45) is 2.68. The Morgan fingerprint density at radius 3 is 2.67 bits per heavy atom. The van der Waals surface area contributed by atoms with Gasteiger partial charge < -0.3 is 14.6 Å². The number of hydrogen-bond donors (Lipinski definition) is 1. The van der Waals surface area contributed by atoms with Crippen molar-refractivity contribution in [3.63, 3.8) is 0 Å². The molecule has 1 N–H and O–H groups in total. The first-order valence-corrected chi connectivity index (χ1v) is 8.19. The predicted molar refractivity (Wildman–Crippen MR) is 96.0 cm³/mol. The van der Waals surface area contributed by atoms with Gasteiger partial charge in [0, 0.05) is 37.3 Å². The highest BCUT2D eigenvalue weighted by atomic mass is 16.5. The summed E-state index contributed by atoms with van der Waals surface area (Å²) in [6, 6.07) is 18.0. The molecule has 0 aliphatic carbocycles. The number of aryl methyl sites for hydroxylation is 1. The highest BCUT2D eigenvalue weighted by Gasteiger charge is 2.12. The van der Waals surface area contributed by atoms with E-state index in [1.165, 1.54) is 0 Å². The highest BCUT2D eigenvalue weighted by Crippen LogP contribution is 2.19. The van der Waals surface area contributed by atoms with Crippen LogP contribution >= 0.6 is 0 Å². The fourth-order valence-electron chi connectivity index (χ4n) is 2.76. The van der Waals surface area contributed by atoms with Crippen molar-refractivity contribution in [2.45, 2.75) is 13.0 Å². The molecule has 1 aromatic heterocycles. The molecule has 0 unspecified atom stereocenters. The van der Waals surface area contributed by atoms with Crippen LogP contribution in [-0.2, 0) is 18.4 Å². The Labute approximate surface area is 142 Å². The first-order chi connectivity index (χ1) is 11.8. The number of rotatable bonds is 7. The third-order valence-corrected chi connectivity index (χ3v) is 4.00. The summed E-state index contributed by atoms with van der Waals surface area (Å²) in [5.41, 5.74) is 2.95. The first kappa shape index (κ1) is 16.3. The van der Waals surface area contributed by atoms with Crippen LogP contribution in [0.3, 0.4) is 0 Å². The monoisotopic (exact) mass is 322 g/mol. The fourth-order valence-corrected chi connectivity index (χ4v) is 2.76. The number of amides is 1. The van der Waals surface area contributed by atoms with Crippen LogP contribution in [0.5, 0.6) is 0 Å². The molecule has 0 fully saturated rings. The zero-order valence-electron chi connectivity index (χ0n) is 13.9. The Kier molecular flexibility index (Phi) is 5.29. The molecule has 4 nitrogen and oxygen atoms in total. The van der Waals surface area contributed by atoms with Crippen molar-refractivity contribution >= 4 is 16.8 Å². The van der Waals surface area contributed by atoms with E-state index in [1.807, 2.05) is 72.4 Å². The summed E-state index contributed by atoms with van der Waals surface area (Å²) in [7, 11) is 1.95. The van der Waals surface area contributed by atoms with Crippen LogP contribution in [0.2, 0.25) is 0 Å². The third kappa shape index (κ3) is 3.84. The minimum Gasteiger partial charge on any atom is -0.377 e. The van der Waals surface area contributed by atoms with Gasteiger partial charge in [0.15, 0.2) is 0 Å². The van der Waals surface area contributed by atoms with Crippen molar-refractivity contribution in [3.05, 3.63) is 71.9 Å². The summed E-state index contributed by atoms with van der Waals surface area (Å²) < 4.78 is 7.61. The minimum atomic E-state index is -0.0325. The van der Waals surface area contributed by atoms with Crippen molar-refractivity contribution in [2.75, 3.05) is 13.2 Å². The maximum atomic E-state index is 12.4. The SMILES string of the molecule is Cn1cc(C(=O)NCCCOCc2ccccc2)c2ccccc21. The minimum absolute atomic E-state index is 0.0325. The molecule has 0 aliphatic heterocycles. The fraction of sp³-hybridized carbons (Fsp3) is 0.250. The summed E-state index contributed by atoms with van der Waals surface area (Å²) in [5, 5.41) is 3.95. The van der Waals surface area contributed by atoms with E-state index in [-0.39, 0.29) is 5.91 Å². The second kappa shape index (κ2) is 7.79. The summed E-state index contributed by atoms with van der Waals surface area (Å²) >= 11 is 0. The van der Waals surface area contributed by atoms with Gasteiger partial charge in [-0.05, 0) is 18.1 Å². The molecule has 0 saturated carbocycles. The number of nitrogens with one attached hydrogen (secondary N) is 1. The third-order valence-electron chi connectivity index (χ3n) is 4.00. The summed E-state index contributed by atoms with van der Waals surface area (Å²) in [6.45, 7) is 1.85. The van der Waals surface area contributed by atoms with Gasteiger partial charge in [0.25, 0.3) is 5.91 Å². The maximum Gasteiger partial charge on any atom is 0.253 e. The molecule has 24 heavy (non-hydrogen) atoms. The Bertz CT molecular complexity index is 809. The van der Waals surface area contributed by atoms with Crippen LogP contribution < -0.4 is 5.32 Å². The highest BCUT2D eigenvalue weighted by molar-refractivity contribution is 6.06. The van der Waals surface area contributed by atoms with Gasteiger partial charge in [-0.2, -0.15) is 0 Å². The molecule has 4 heteroatoms. The first-order valence-electron chi connectivity index (χ1n) is 8.19. The predicted octanol–water partition coefficient (Wildman–Crippen LogP) is 3.52. The molecule has 2 aromatic carbocycles. The number of ether oxygens (including phenoxy) is 1. The summed E-state index contributed by atoms with van der Waals surface area (Å²) in [4.78, 5) is 12.4. The lowest BCUT2D eigenvalue weighted by Gasteiger charge is -2.06. The number of para-hydroxylation sites is 1. The average Bonchev–Trinajstić information content (AvgIpc) is 2.96. The van der Waals surface area contributed by atoms with Crippen LogP contribution in [-0.4, -0.2) is 23.6 Å². The quantitative estimate of drug-likeness (QED) is 0.676. The molecule has 0 atom stereocenters. The molecule has 3 rings (SSSR count). The number of nitrogens with zero attached hydrogens (tertiary/aromatic N) is 1. The lowest BCUT2D eigenvalue weighted by atomic mass is 10.1. The molecule has 0 aliphatic rings. The van der Waals surface area contributed by atoms with E-state index in [4.69, 9.17) is 4.74 Å². The molecule has 0 saturated heterocycles.